The summed E-state index contributed by atoms with van der Waals surface area (Å²) >= 11 is 0. The number of rotatable bonds is 2. The minimum absolute atomic E-state index is 0.148. The van der Waals surface area contributed by atoms with E-state index in [2.05, 4.69) is 14.6 Å². The van der Waals surface area contributed by atoms with Crippen LogP contribution in [0.4, 0.5) is 0 Å². The van der Waals surface area contributed by atoms with E-state index in [9.17, 15) is 18.0 Å². The average Bonchev–Trinajstić information content (AvgIpc) is 2.78. The maximum Gasteiger partial charge on any atom is 0.359 e. The van der Waals surface area contributed by atoms with E-state index in [0.29, 0.717) is 0 Å². The Morgan fingerprint density at radius 2 is 1.83 bits per heavy atom. The number of esters is 2. The van der Waals surface area contributed by atoms with E-state index >= 15 is 0 Å². The number of nitrogens with zero attached hydrogens (tertiary/aromatic N) is 2. The summed E-state index contributed by atoms with van der Waals surface area (Å²) in [4.78, 5) is 23.1. The Labute approximate surface area is 102 Å². The molecule has 18 heavy (non-hydrogen) atoms. The number of hydrogen-bond acceptors (Lipinski definition) is 7. The molecule has 0 fully saturated rings. The number of aromatic nitrogens is 2. The second-order valence-electron chi connectivity index (χ2n) is 3.67. The van der Waals surface area contributed by atoms with Crippen LogP contribution in [-0.4, -0.2) is 44.4 Å². The molecule has 0 saturated carbocycles. The van der Waals surface area contributed by atoms with Crippen LogP contribution in [0.15, 0.2) is 0 Å². The molecule has 98 valence electrons. The molecule has 0 spiro atoms. The summed E-state index contributed by atoms with van der Waals surface area (Å²) in [5.41, 5.74) is -0.220. The second-order valence-corrected chi connectivity index (χ2v) is 5.70. The van der Waals surface area contributed by atoms with Gasteiger partial charge in [-0.2, -0.15) is 5.10 Å². The van der Waals surface area contributed by atoms with Gasteiger partial charge in [0.2, 0.25) is 0 Å². The third-order valence-electron chi connectivity index (χ3n) is 2.50. The van der Waals surface area contributed by atoms with Crippen molar-refractivity contribution in [3.63, 3.8) is 0 Å². The molecule has 1 aromatic heterocycles. The van der Waals surface area contributed by atoms with Crippen molar-refractivity contribution in [1.82, 2.24) is 9.78 Å². The monoisotopic (exact) mass is 274 g/mol. The third kappa shape index (κ3) is 1.86. The van der Waals surface area contributed by atoms with E-state index in [1.165, 1.54) is 0 Å². The molecule has 1 aromatic rings. The summed E-state index contributed by atoms with van der Waals surface area (Å²) in [5.74, 6) is -2.33. The molecule has 0 saturated heterocycles. The molecular formula is C9H10N2O6S. The second kappa shape index (κ2) is 4.09. The number of carbonyl (C=O) groups is 2. The van der Waals surface area contributed by atoms with Gasteiger partial charge < -0.3 is 9.47 Å². The molecule has 0 aromatic carbocycles. The summed E-state index contributed by atoms with van der Waals surface area (Å²) in [5, 5.41) is 3.79. The van der Waals surface area contributed by atoms with Crippen LogP contribution in [0.1, 0.15) is 26.5 Å². The highest BCUT2D eigenvalue weighted by atomic mass is 32.2. The fourth-order valence-electron chi connectivity index (χ4n) is 1.75. The Hall–Kier alpha value is -1.90. The standard InChI is InChI=1S/C9H10N2O6S/c1-16-8(12)6-5-3-18(14,15)4-11(5)10-7(6)9(13)17-2/h3-4H2,1-2H3. The van der Waals surface area contributed by atoms with Crippen LogP contribution in [0.5, 0.6) is 0 Å². The quantitative estimate of drug-likeness (QED) is 0.659. The molecule has 1 aliphatic heterocycles. The fraction of sp³-hybridized carbons (Fsp3) is 0.444. The lowest BCUT2D eigenvalue weighted by Gasteiger charge is -2.00. The van der Waals surface area contributed by atoms with Crippen LogP contribution >= 0.6 is 0 Å². The fourth-order valence-corrected chi connectivity index (χ4v) is 3.13. The van der Waals surface area contributed by atoms with Gasteiger partial charge in [-0.15, -0.1) is 0 Å². The predicted molar refractivity (Wildman–Crippen MR) is 57.5 cm³/mol. The molecule has 0 N–H and O–H groups in total. The van der Waals surface area contributed by atoms with E-state index < -0.39 is 21.8 Å². The van der Waals surface area contributed by atoms with E-state index in [0.717, 1.165) is 18.9 Å². The van der Waals surface area contributed by atoms with Gasteiger partial charge in [-0.3, -0.25) is 4.68 Å². The Kier molecular flexibility index (Phi) is 2.85. The number of fused-ring (bicyclic) bond motifs is 1. The van der Waals surface area contributed by atoms with E-state index in [4.69, 9.17) is 0 Å². The highest BCUT2D eigenvalue weighted by Crippen LogP contribution is 2.25. The van der Waals surface area contributed by atoms with Crippen molar-refractivity contribution in [1.29, 1.82) is 0 Å². The summed E-state index contributed by atoms with van der Waals surface area (Å²) in [6.45, 7) is 0. The molecule has 9 heteroatoms. The molecule has 0 radical (unpaired) electrons. The van der Waals surface area contributed by atoms with Crippen LogP contribution < -0.4 is 0 Å². The van der Waals surface area contributed by atoms with E-state index in [1.54, 1.807) is 0 Å². The molecule has 1 aliphatic rings. The highest BCUT2D eigenvalue weighted by Gasteiger charge is 2.36. The minimum Gasteiger partial charge on any atom is -0.465 e. The largest absolute Gasteiger partial charge is 0.465 e. The van der Waals surface area contributed by atoms with Crippen molar-refractivity contribution >= 4 is 21.8 Å². The Morgan fingerprint density at radius 3 is 2.39 bits per heavy atom. The lowest BCUT2D eigenvalue weighted by molar-refractivity contribution is 0.0551. The average molecular weight is 274 g/mol. The smallest absolute Gasteiger partial charge is 0.359 e. The van der Waals surface area contributed by atoms with Gasteiger partial charge in [-0.25, -0.2) is 18.0 Å². The number of carbonyl (C=O) groups excluding carboxylic acids is 2. The first-order valence-electron chi connectivity index (χ1n) is 4.86. The molecule has 2 heterocycles. The zero-order valence-electron chi connectivity index (χ0n) is 9.67. The van der Waals surface area contributed by atoms with Gasteiger partial charge in [0, 0.05) is 0 Å². The number of sulfone groups is 1. The first-order valence-corrected chi connectivity index (χ1v) is 6.68. The van der Waals surface area contributed by atoms with E-state index in [-0.39, 0.29) is 28.6 Å². The van der Waals surface area contributed by atoms with Gasteiger partial charge in [0.15, 0.2) is 15.5 Å². The lowest BCUT2D eigenvalue weighted by Crippen LogP contribution is -2.13. The zero-order chi connectivity index (χ0) is 13.5. The lowest BCUT2D eigenvalue weighted by atomic mass is 10.2. The van der Waals surface area contributed by atoms with Gasteiger partial charge in [-0.05, 0) is 0 Å². The van der Waals surface area contributed by atoms with Crippen LogP contribution in [0, 0.1) is 0 Å². The van der Waals surface area contributed by atoms with Crippen molar-refractivity contribution in [2.24, 2.45) is 0 Å². The van der Waals surface area contributed by atoms with Gasteiger partial charge in [0.05, 0.1) is 25.7 Å². The Bertz CT molecular complexity index is 630. The van der Waals surface area contributed by atoms with Gasteiger partial charge in [0.1, 0.15) is 11.4 Å². The summed E-state index contributed by atoms with van der Waals surface area (Å²) < 4.78 is 33.0. The van der Waals surface area contributed by atoms with Crippen molar-refractivity contribution in [2.45, 2.75) is 11.6 Å². The molecule has 0 aliphatic carbocycles. The Balaban J connectivity index is 2.60. The normalized spacial score (nSPS) is 16.1. The van der Waals surface area contributed by atoms with Crippen LogP contribution in [0.3, 0.4) is 0 Å². The third-order valence-corrected chi connectivity index (χ3v) is 3.85. The maximum absolute atomic E-state index is 11.6. The molecule has 0 unspecified atom stereocenters. The zero-order valence-corrected chi connectivity index (χ0v) is 10.5. The minimum atomic E-state index is -3.33. The highest BCUT2D eigenvalue weighted by molar-refractivity contribution is 7.89. The SMILES string of the molecule is COC(=O)c1nn2c(c1C(=O)OC)CS(=O)(=O)C2. The summed E-state index contributed by atoms with van der Waals surface area (Å²) in [7, 11) is -1.06. The Morgan fingerprint density at radius 1 is 1.22 bits per heavy atom. The summed E-state index contributed by atoms with van der Waals surface area (Å²) in [6, 6.07) is 0. The van der Waals surface area contributed by atoms with Crippen molar-refractivity contribution in [2.75, 3.05) is 14.2 Å². The maximum atomic E-state index is 11.6. The molecule has 8 nitrogen and oxygen atoms in total. The number of methoxy groups -OCH3 is 2. The van der Waals surface area contributed by atoms with Crippen LogP contribution in [-0.2, 0) is 30.9 Å². The van der Waals surface area contributed by atoms with E-state index in [1.807, 2.05) is 0 Å². The number of hydrogen-bond donors (Lipinski definition) is 0. The van der Waals surface area contributed by atoms with Gasteiger partial charge >= 0.3 is 11.9 Å². The molecule has 0 amide bonds. The molecule has 0 atom stereocenters. The topological polar surface area (TPSA) is 105 Å². The van der Waals surface area contributed by atoms with Crippen LogP contribution in [0.2, 0.25) is 0 Å². The molecular weight excluding hydrogens is 264 g/mol. The number of ether oxygens (including phenoxy) is 2. The van der Waals surface area contributed by atoms with Gasteiger partial charge in [-0.1, -0.05) is 0 Å². The first kappa shape index (κ1) is 12.6. The van der Waals surface area contributed by atoms with Crippen molar-refractivity contribution < 1.29 is 27.5 Å². The van der Waals surface area contributed by atoms with Crippen molar-refractivity contribution in [3.8, 4) is 0 Å². The predicted octanol–water partition coefficient (Wildman–Crippen LogP) is -0.658. The van der Waals surface area contributed by atoms with Crippen molar-refractivity contribution in [3.05, 3.63) is 17.0 Å². The van der Waals surface area contributed by atoms with Gasteiger partial charge in [0.25, 0.3) is 0 Å². The first-order chi connectivity index (χ1) is 8.39. The molecule has 0 bridgehead atoms. The molecule has 2 rings (SSSR count). The summed E-state index contributed by atoms with van der Waals surface area (Å²) in [6.07, 6.45) is 0. The van der Waals surface area contributed by atoms with Crippen LogP contribution in [0.25, 0.3) is 0 Å².